The van der Waals surface area contributed by atoms with Gasteiger partial charge in [0.2, 0.25) is 12.7 Å². The molecule has 5 N–H and O–H groups in total. The number of anilines is 1. The van der Waals surface area contributed by atoms with Gasteiger partial charge in [-0.3, -0.25) is 9.59 Å². The Bertz CT molecular complexity index is 1090. The lowest BCUT2D eigenvalue weighted by Crippen LogP contribution is -2.47. The Balaban J connectivity index is 1.62. The highest BCUT2D eigenvalue weighted by molar-refractivity contribution is 6.31. The highest BCUT2D eigenvalue weighted by atomic mass is 35.5. The summed E-state index contributed by atoms with van der Waals surface area (Å²) in [4.78, 5) is 37.4. The third-order valence-electron chi connectivity index (χ3n) is 4.71. The summed E-state index contributed by atoms with van der Waals surface area (Å²) in [6.07, 6.45) is 1.33. The van der Waals surface area contributed by atoms with Gasteiger partial charge < -0.3 is 36.0 Å². The van der Waals surface area contributed by atoms with E-state index in [1.54, 1.807) is 43.3 Å². The highest BCUT2D eigenvalue weighted by Gasteiger charge is 2.26. The molecular weight excluding hydrogens is 466 g/mol. The van der Waals surface area contributed by atoms with E-state index >= 15 is 0 Å². The predicted octanol–water partition coefficient (Wildman–Crippen LogP) is 1.40. The summed E-state index contributed by atoms with van der Waals surface area (Å²) in [5.41, 5.74) is 1.48. The van der Waals surface area contributed by atoms with Crippen LogP contribution in [-0.2, 0) is 20.7 Å². The smallest absolute Gasteiger partial charge is 0.328 e. The van der Waals surface area contributed by atoms with E-state index in [-0.39, 0.29) is 26.4 Å². The first kappa shape index (κ1) is 24.6. The number of ether oxygens (including phenoxy) is 3. The van der Waals surface area contributed by atoms with Gasteiger partial charge in [0.25, 0.3) is 5.91 Å². The standard InChI is InChI=1S/C22H24ClN5O6/c1-2-32-22(31)17(7-14-8-18-19(9-16(14)23)34-12-33-18)28-20(29)10-25-21(30)13-4-3-5-15(6-13)26-11-27-24/h3-6,8-9,11,17H,2,7,10,12,24H2,1H3,(H,25,30)(H,26,27)(H,28,29). The maximum Gasteiger partial charge on any atom is 0.328 e. The van der Waals surface area contributed by atoms with Crippen molar-refractivity contribution < 1.29 is 28.6 Å². The van der Waals surface area contributed by atoms with Crippen LogP contribution in [0.25, 0.3) is 0 Å². The molecule has 2 aromatic carbocycles. The average molecular weight is 490 g/mol. The van der Waals surface area contributed by atoms with Crippen LogP contribution in [0.5, 0.6) is 11.5 Å². The molecule has 34 heavy (non-hydrogen) atoms. The topological polar surface area (TPSA) is 153 Å². The Labute approximate surface area is 200 Å². The van der Waals surface area contributed by atoms with Gasteiger partial charge in [-0.2, -0.15) is 5.10 Å². The van der Waals surface area contributed by atoms with Crippen molar-refractivity contribution in [1.29, 1.82) is 0 Å². The number of fused-ring (bicyclic) bond motifs is 1. The number of nitrogens with zero attached hydrogens (tertiary/aromatic N) is 1. The van der Waals surface area contributed by atoms with Crippen molar-refractivity contribution in [2.45, 2.75) is 19.4 Å². The monoisotopic (exact) mass is 489 g/mol. The largest absolute Gasteiger partial charge is 0.464 e. The molecule has 0 saturated heterocycles. The number of halogens is 1. The molecule has 2 amide bonds. The van der Waals surface area contributed by atoms with Gasteiger partial charge in [-0.05, 0) is 36.8 Å². The number of benzene rings is 2. The minimum Gasteiger partial charge on any atom is -0.464 e. The normalized spacial score (nSPS) is 12.8. The number of carbonyl (C=O) groups is 3. The zero-order valence-electron chi connectivity index (χ0n) is 18.3. The van der Waals surface area contributed by atoms with Crippen LogP contribution in [0, 0.1) is 0 Å². The molecule has 2 aromatic rings. The van der Waals surface area contributed by atoms with Crippen molar-refractivity contribution in [2.75, 3.05) is 25.3 Å². The van der Waals surface area contributed by atoms with Gasteiger partial charge in [-0.15, -0.1) is 0 Å². The molecule has 0 fully saturated rings. The van der Waals surface area contributed by atoms with E-state index in [1.807, 2.05) is 0 Å². The van der Waals surface area contributed by atoms with E-state index in [0.717, 1.165) is 0 Å². The number of nitrogens with two attached hydrogens (primary N) is 1. The molecule has 1 unspecified atom stereocenters. The second-order valence-corrected chi connectivity index (χ2v) is 7.47. The van der Waals surface area contributed by atoms with E-state index in [4.69, 9.17) is 31.7 Å². The SMILES string of the molecule is CCOC(=O)C(Cc1cc2c(cc1Cl)OCO2)NC(=O)CNC(=O)c1cccc(NC=NN)c1. The van der Waals surface area contributed by atoms with Gasteiger partial charge in [0.1, 0.15) is 12.4 Å². The van der Waals surface area contributed by atoms with Crippen LogP contribution in [0.3, 0.4) is 0 Å². The summed E-state index contributed by atoms with van der Waals surface area (Å²) in [6.45, 7) is 1.51. The number of esters is 1. The van der Waals surface area contributed by atoms with Gasteiger partial charge in [-0.1, -0.05) is 17.7 Å². The van der Waals surface area contributed by atoms with E-state index in [9.17, 15) is 14.4 Å². The minimum atomic E-state index is -1.02. The number of hydrazone groups is 1. The molecule has 0 spiro atoms. The summed E-state index contributed by atoms with van der Waals surface area (Å²) in [7, 11) is 0. The molecular formula is C22H24ClN5O6. The van der Waals surface area contributed by atoms with Crippen molar-refractivity contribution in [2.24, 2.45) is 10.9 Å². The Morgan fingerprint density at radius 1 is 1.24 bits per heavy atom. The quantitative estimate of drug-likeness (QED) is 0.128. The zero-order valence-corrected chi connectivity index (χ0v) is 19.1. The van der Waals surface area contributed by atoms with Crippen LogP contribution in [0.4, 0.5) is 5.69 Å². The van der Waals surface area contributed by atoms with Crippen molar-refractivity contribution in [3.8, 4) is 11.5 Å². The average Bonchev–Trinajstić information content (AvgIpc) is 3.28. The zero-order chi connectivity index (χ0) is 24.5. The summed E-state index contributed by atoms with van der Waals surface area (Å²) in [5.74, 6) is 4.36. The molecule has 1 aliphatic heterocycles. The third kappa shape index (κ3) is 6.51. The molecule has 12 heteroatoms. The highest BCUT2D eigenvalue weighted by Crippen LogP contribution is 2.37. The predicted molar refractivity (Wildman–Crippen MR) is 125 cm³/mol. The summed E-state index contributed by atoms with van der Waals surface area (Å²) in [5, 5.41) is 11.6. The Morgan fingerprint density at radius 2 is 2.00 bits per heavy atom. The molecule has 0 bridgehead atoms. The number of amides is 2. The molecule has 0 radical (unpaired) electrons. The summed E-state index contributed by atoms with van der Waals surface area (Å²) < 4.78 is 15.7. The van der Waals surface area contributed by atoms with E-state index < -0.39 is 23.8 Å². The lowest BCUT2D eigenvalue weighted by molar-refractivity contribution is -0.147. The molecule has 1 atom stereocenters. The van der Waals surface area contributed by atoms with Gasteiger partial charge in [0.05, 0.1) is 13.2 Å². The maximum atomic E-state index is 12.5. The number of nitrogens with one attached hydrogen (secondary N) is 3. The van der Waals surface area contributed by atoms with Crippen molar-refractivity contribution in [1.82, 2.24) is 10.6 Å². The number of rotatable bonds is 10. The van der Waals surface area contributed by atoms with Gasteiger partial charge in [-0.25, -0.2) is 4.79 Å². The van der Waals surface area contributed by atoms with Crippen LogP contribution >= 0.6 is 11.6 Å². The first-order valence-electron chi connectivity index (χ1n) is 10.3. The van der Waals surface area contributed by atoms with Gasteiger partial charge in [0, 0.05) is 28.8 Å². The molecule has 180 valence electrons. The third-order valence-corrected chi connectivity index (χ3v) is 5.06. The molecule has 0 aromatic heterocycles. The Morgan fingerprint density at radius 3 is 2.74 bits per heavy atom. The molecule has 0 aliphatic carbocycles. The van der Waals surface area contributed by atoms with E-state index in [0.29, 0.717) is 33.3 Å². The Hall–Kier alpha value is -3.99. The summed E-state index contributed by atoms with van der Waals surface area (Å²) >= 11 is 6.31. The van der Waals surface area contributed by atoms with Crippen LogP contribution in [0.15, 0.2) is 41.5 Å². The number of hydrogen-bond donors (Lipinski definition) is 4. The van der Waals surface area contributed by atoms with Gasteiger partial charge in [0.15, 0.2) is 11.5 Å². The fraction of sp³-hybridized carbons (Fsp3) is 0.273. The van der Waals surface area contributed by atoms with E-state index in [2.05, 4.69) is 21.1 Å². The number of carbonyl (C=O) groups excluding carboxylic acids is 3. The van der Waals surface area contributed by atoms with Crippen LogP contribution in [0.1, 0.15) is 22.8 Å². The Kier molecular flexibility index (Phi) is 8.52. The first-order valence-corrected chi connectivity index (χ1v) is 10.7. The molecule has 0 saturated carbocycles. The minimum absolute atomic E-state index is 0.0599. The second-order valence-electron chi connectivity index (χ2n) is 7.06. The van der Waals surface area contributed by atoms with Gasteiger partial charge >= 0.3 is 5.97 Å². The second kappa shape index (κ2) is 11.8. The fourth-order valence-electron chi connectivity index (χ4n) is 3.14. The molecule has 3 rings (SSSR count). The fourth-order valence-corrected chi connectivity index (χ4v) is 3.37. The number of hydrogen-bond acceptors (Lipinski definition) is 8. The maximum absolute atomic E-state index is 12.5. The van der Waals surface area contributed by atoms with Crippen LogP contribution < -0.4 is 31.3 Å². The van der Waals surface area contributed by atoms with Crippen LogP contribution in [-0.4, -0.2) is 50.1 Å². The first-order chi connectivity index (χ1) is 16.4. The van der Waals surface area contributed by atoms with E-state index in [1.165, 1.54) is 6.34 Å². The van der Waals surface area contributed by atoms with Crippen molar-refractivity contribution >= 4 is 41.4 Å². The molecule has 11 nitrogen and oxygen atoms in total. The molecule has 1 heterocycles. The van der Waals surface area contributed by atoms with Crippen molar-refractivity contribution in [3.05, 3.63) is 52.5 Å². The molecule has 1 aliphatic rings. The lowest BCUT2D eigenvalue weighted by Gasteiger charge is -2.18. The van der Waals surface area contributed by atoms with Crippen molar-refractivity contribution in [3.63, 3.8) is 0 Å². The lowest BCUT2D eigenvalue weighted by atomic mass is 10.0. The summed E-state index contributed by atoms with van der Waals surface area (Å²) in [6, 6.07) is 8.75. The van der Waals surface area contributed by atoms with Crippen LogP contribution in [0.2, 0.25) is 5.02 Å².